The molecule has 1 aromatic heterocycles. The molecule has 0 N–H and O–H groups in total. The molecule has 16 heavy (non-hydrogen) atoms. The van der Waals surface area contributed by atoms with Gasteiger partial charge in [-0.15, -0.1) is 11.6 Å². The van der Waals surface area contributed by atoms with Crippen molar-refractivity contribution in [3.8, 4) is 11.5 Å². The molecule has 2 rings (SSSR count). The van der Waals surface area contributed by atoms with E-state index in [-0.39, 0.29) is 0 Å². The molecule has 0 aliphatic rings. The molecule has 2 nitrogen and oxygen atoms in total. The van der Waals surface area contributed by atoms with E-state index in [1.165, 1.54) is 5.56 Å². The molecule has 84 valence electrons. The second kappa shape index (κ2) is 4.71. The van der Waals surface area contributed by atoms with Crippen molar-refractivity contribution in [3.63, 3.8) is 0 Å². The number of oxazole rings is 1. The topological polar surface area (TPSA) is 26.0 Å². The molecule has 0 aliphatic heterocycles. The third-order valence-electron chi connectivity index (χ3n) is 2.51. The first-order chi connectivity index (χ1) is 7.70. The monoisotopic (exact) mass is 235 g/mol. The molecule has 0 amide bonds. The molecule has 1 heterocycles. The molecule has 0 saturated carbocycles. The summed E-state index contributed by atoms with van der Waals surface area (Å²) in [6, 6.07) is 8.26. The molecule has 0 aliphatic carbocycles. The van der Waals surface area contributed by atoms with Gasteiger partial charge in [0.15, 0.2) is 0 Å². The quantitative estimate of drug-likeness (QED) is 0.745. The number of hydrogen-bond donors (Lipinski definition) is 0. The molecular formula is C13H14ClNO. The third kappa shape index (κ3) is 2.27. The number of hydrogen-bond acceptors (Lipinski definition) is 2. The van der Waals surface area contributed by atoms with Gasteiger partial charge in [0.2, 0.25) is 5.89 Å². The minimum Gasteiger partial charge on any atom is -0.444 e. The van der Waals surface area contributed by atoms with Crippen LogP contribution in [-0.4, -0.2) is 4.98 Å². The van der Waals surface area contributed by atoms with Crippen LogP contribution in [0.5, 0.6) is 0 Å². The van der Waals surface area contributed by atoms with Crippen LogP contribution in [0.2, 0.25) is 0 Å². The van der Waals surface area contributed by atoms with Crippen molar-refractivity contribution in [1.29, 1.82) is 0 Å². The van der Waals surface area contributed by atoms with Crippen LogP contribution in [0.3, 0.4) is 0 Å². The molecule has 2 aromatic rings. The van der Waals surface area contributed by atoms with Gasteiger partial charge in [0.1, 0.15) is 6.26 Å². The zero-order valence-electron chi connectivity index (χ0n) is 9.40. The fourth-order valence-corrected chi connectivity index (χ4v) is 1.63. The Morgan fingerprint density at radius 2 is 1.94 bits per heavy atom. The number of nitrogens with zero attached hydrogens (tertiary/aromatic N) is 1. The van der Waals surface area contributed by atoms with Crippen LogP contribution < -0.4 is 0 Å². The first-order valence-corrected chi connectivity index (χ1v) is 5.85. The largest absolute Gasteiger partial charge is 0.444 e. The Morgan fingerprint density at radius 1 is 1.25 bits per heavy atom. The molecule has 3 heteroatoms. The van der Waals surface area contributed by atoms with Crippen LogP contribution in [-0.2, 0) is 5.88 Å². The summed E-state index contributed by atoms with van der Waals surface area (Å²) < 4.78 is 5.35. The van der Waals surface area contributed by atoms with E-state index in [1.54, 1.807) is 6.26 Å². The smallest absolute Gasteiger partial charge is 0.226 e. The fraction of sp³-hybridized carbons (Fsp3) is 0.308. The lowest BCUT2D eigenvalue weighted by Gasteiger charge is -2.04. The molecule has 0 unspecified atom stereocenters. The second-order valence-corrected chi connectivity index (χ2v) is 4.32. The maximum absolute atomic E-state index is 5.67. The van der Waals surface area contributed by atoms with Crippen LogP contribution in [0.4, 0.5) is 0 Å². The molecular weight excluding hydrogens is 222 g/mol. The van der Waals surface area contributed by atoms with Crippen molar-refractivity contribution in [2.75, 3.05) is 0 Å². The lowest BCUT2D eigenvalue weighted by atomic mass is 10.0. The maximum atomic E-state index is 5.67. The van der Waals surface area contributed by atoms with Crippen molar-refractivity contribution in [2.24, 2.45) is 0 Å². The summed E-state index contributed by atoms with van der Waals surface area (Å²) in [7, 11) is 0. The molecule has 0 radical (unpaired) electrons. The number of alkyl halides is 1. The predicted molar refractivity (Wildman–Crippen MR) is 65.6 cm³/mol. The lowest BCUT2D eigenvalue weighted by Crippen LogP contribution is -1.87. The number of halogens is 1. The summed E-state index contributed by atoms with van der Waals surface area (Å²) in [6.07, 6.45) is 1.60. The van der Waals surface area contributed by atoms with Crippen molar-refractivity contribution < 1.29 is 4.42 Å². The van der Waals surface area contributed by atoms with Crippen LogP contribution >= 0.6 is 11.6 Å². The Bertz CT molecular complexity index is 459. The predicted octanol–water partition coefficient (Wildman–Crippen LogP) is 4.20. The van der Waals surface area contributed by atoms with Gasteiger partial charge in [0.05, 0.1) is 11.6 Å². The van der Waals surface area contributed by atoms with Gasteiger partial charge in [-0.2, -0.15) is 0 Å². The third-order valence-corrected chi connectivity index (χ3v) is 2.79. The molecule has 1 aromatic carbocycles. The molecule has 0 atom stereocenters. The van der Waals surface area contributed by atoms with Gasteiger partial charge in [0.25, 0.3) is 0 Å². The normalized spacial score (nSPS) is 11.0. The van der Waals surface area contributed by atoms with Crippen LogP contribution in [0.15, 0.2) is 34.9 Å². The second-order valence-electron chi connectivity index (χ2n) is 4.05. The maximum Gasteiger partial charge on any atom is 0.226 e. The summed E-state index contributed by atoms with van der Waals surface area (Å²) in [5.41, 5.74) is 3.07. The van der Waals surface area contributed by atoms with Gasteiger partial charge in [-0.25, -0.2) is 4.98 Å². The Morgan fingerprint density at radius 3 is 2.44 bits per heavy atom. The van der Waals surface area contributed by atoms with E-state index >= 15 is 0 Å². The van der Waals surface area contributed by atoms with Crippen LogP contribution in [0, 0.1) is 0 Å². The number of rotatable bonds is 3. The van der Waals surface area contributed by atoms with E-state index in [4.69, 9.17) is 16.0 Å². The van der Waals surface area contributed by atoms with Gasteiger partial charge in [-0.1, -0.05) is 26.0 Å². The summed E-state index contributed by atoms with van der Waals surface area (Å²) in [4.78, 5) is 4.27. The van der Waals surface area contributed by atoms with E-state index in [9.17, 15) is 0 Å². The van der Waals surface area contributed by atoms with Crippen molar-refractivity contribution in [1.82, 2.24) is 4.98 Å². The Balaban J connectivity index is 2.27. The average molecular weight is 236 g/mol. The van der Waals surface area contributed by atoms with E-state index in [2.05, 4.69) is 31.0 Å². The molecule has 0 saturated heterocycles. The highest BCUT2D eigenvalue weighted by Gasteiger charge is 2.06. The van der Waals surface area contributed by atoms with Crippen molar-refractivity contribution in [2.45, 2.75) is 25.6 Å². The fourth-order valence-electron chi connectivity index (χ4n) is 1.51. The zero-order valence-corrected chi connectivity index (χ0v) is 10.2. The van der Waals surface area contributed by atoms with E-state index in [0.717, 1.165) is 11.3 Å². The van der Waals surface area contributed by atoms with Gasteiger partial charge in [-0.05, 0) is 23.6 Å². The Labute approximate surface area is 100 Å². The number of aromatic nitrogens is 1. The minimum atomic E-state index is 0.383. The Kier molecular flexibility index (Phi) is 3.30. The van der Waals surface area contributed by atoms with Crippen LogP contribution in [0.25, 0.3) is 11.5 Å². The van der Waals surface area contributed by atoms with Gasteiger partial charge in [-0.3, -0.25) is 0 Å². The Hall–Kier alpha value is -1.28. The van der Waals surface area contributed by atoms with Crippen molar-refractivity contribution >= 4 is 11.6 Å². The molecule has 0 fully saturated rings. The first-order valence-electron chi connectivity index (χ1n) is 5.31. The zero-order chi connectivity index (χ0) is 11.5. The minimum absolute atomic E-state index is 0.383. The van der Waals surface area contributed by atoms with E-state index in [1.807, 2.05) is 12.1 Å². The summed E-state index contributed by atoms with van der Waals surface area (Å²) in [5, 5.41) is 0. The van der Waals surface area contributed by atoms with E-state index < -0.39 is 0 Å². The van der Waals surface area contributed by atoms with E-state index in [0.29, 0.717) is 17.7 Å². The standard InChI is InChI=1S/C13H14ClNO/c1-9(2)10-3-5-11(6-4-10)13-15-12(7-14)8-16-13/h3-6,8-9H,7H2,1-2H3. The average Bonchev–Trinajstić information content (AvgIpc) is 2.77. The first kappa shape index (κ1) is 11.2. The SMILES string of the molecule is CC(C)c1ccc(-c2nc(CCl)co2)cc1. The molecule has 0 bridgehead atoms. The summed E-state index contributed by atoms with van der Waals surface area (Å²) in [6.45, 7) is 4.34. The summed E-state index contributed by atoms with van der Waals surface area (Å²) in [5.74, 6) is 1.55. The highest BCUT2D eigenvalue weighted by atomic mass is 35.5. The lowest BCUT2D eigenvalue weighted by molar-refractivity contribution is 0.573. The van der Waals surface area contributed by atoms with Crippen molar-refractivity contribution in [3.05, 3.63) is 41.8 Å². The van der Waals surface area contributed by atoms with Gasteiger partial charge >= 0.3 is 0 Å². The van der Waals surface area contributed by atoms with Crippen LogP contribution in [0.1, 0.15) is 31.0 Å². The highest BCUT2D eigenvalue weighted by molar-refractivity contribution is 6.16. The summed E-state index contributed by atoms with van der Waals surface area (Å²) >= 11 is 5.67. The molecule has 0 spiro atoms. The van der Waals surface area contributed by atoms with Gasteiger partial charge in [0, 0.05) is 5.56 Å². The highest BCUT2D eigenvalue weighted by Crippen LogP contribution is 2.22. The number of benzene rings is 1. The van der Waals surface area contributed by atoms with Gasteiger partial charge < -0.3 is 4.42 Å².